The molecule has 0 aliphatic heterocycles. The van der Waals surface area contributed by atoms with Crippen molar-refractivity contribution in [2.75, 3.05) is 26.2 Å². The quantitative estimate of drug-likeness (QED) is 0.165. The van der Waals surface area contributed by atoms with Gasteiger partial charge in [0.1, 0.15) is 11.8 Å². The molecule has 8 nitrogen and oxygen atoms in total. The predicted octanol–water partition coefficient (Wildman–Crippen LogP) is 6.35. The first kappa shape index (κ1) is 30.3. The van der Waals surface area contributed by atoms with Crippen LogP contribution in [0.25, 0.3) is 22.0 Å². The Kier molecular flexibility index (Phi) is 9.84. The molecule has 2 N–H and O–H groups in total. The molecule has 0 saturated carbocycles. The molecule has 1 atom stereocenters. The molecule has 1 aromatic heterocycles. The van der Waals surface area contributed by atoms with Crippen molar-refractivity contribution in [1.82, 2.24) is 15.2 Å². The molecular weight excluding hydrogens is 554 g/mol. The highest BCUT2D eigenvalue weighted by Gasteiger charge is 2.26. The Morgan fingerprint density at radius 3 is 1.95 bits per heavy atom. The summed E-state index contributed by atoms with van der Waals surface area (Å²) in [6.45, 7) is 6.06. The first-order valence-corrected chi connectivity index (χ1v) is 14.7. The minimum Gasteiger partial charge on any atom is -0.456 e. The third-order valence-electron chi connectivity index (χ3n) is 7.42. The molecule has 0 bridgehead atoms. The lowest BCUT2D eigenvalue weighted by molar-refractivity contribution is 0.0209. The average molecular weight is 590 g/mol. The van der Waals surface area contributed by atoms with Crippen LogP contribution in [0.3, 0.4) is 0 Å². The molecule has 44 heavy (non-hydrogen) atoms. The van der Waals surface area contributed by atoms with Crippen LogP contribution in [0.15, 0.2) is 109 Å². The molecule has 0 spiro atoms. The Morgan fingerprint density at radius 1 is 0.750 bits per heavy atom. The summed E-state index contributed by atoms with van der Waals surface area (Å²) in [4.78, 5) is 45.3. The van der Waals surface area contributed by atoms with E-state index in [1.807, 2.05) is 74.5 Å². The molecule has 8 heteroatoms. The summed E-state index contributed by atoms with van der Waals surface area (Å²) in [5, 5.41) is 3.53. The number of aromatic amines is 1. The highest BCUT2D eigenvalue weighted by Crippen LogP contribution is 2.38. The number of hydrogen-bond acceptors (Lipinski definition) is 6. The van der Waals surface area contributed by atoms with E-state index in [0.29, 0.717) is 28.6 Å². The highest BCUT2D eigenvalue weighted by molar-refractivity contribution is 6.10. The Bertz CT molecular complexity index is 1710. The lowest BCUT2D eigenvalue weighted by atomic mass is 10.0. The molecule has 1 heterocycles. The van der Waals surface area contributed by atoms with Gasteiger partial charge in [-0.25, -0.2) is 9.59 Å². The van der Waals surface area contributed by atoms with Gasteiger partial charge < -0.3 is 24.7 Å². The molecule has 1 amide bonds. The first-order valence-electron chi connectivity index (χ1n) is 14.7. The number of nitrogens with one attached hydrogen (secondary N) is 2. The molecule has 0 aliphatic rings. The standard InChI is InChI=1S/C36H35N3O5/c1-3-39(4-2)24-28(43-35(41)26-17-10-6-11-18-26)23-37-34(40)32-33(44-36(42)27-19-12-7-13-20-27)31-29(21-14-22-30(31)38-32)25-15-8-5-9-16-25/h5-22,28,38H,3-4,23-24H2,1-2H3,(H,37,40). The zero-order valence-electron chi connectivity index (χ0n) is 24.8. The Labute approximate surface area is 256 Å². The molecule has 1 unspecified atom stereocenters. The maximum Gasteiger partial charge on any atom is 0.343 e. The van der Waals surface area contributed by atoms with Crippen molar-refractivity contribution in [2.24, 2.45) is 0 Å². The number of hydrogen-bond donors (Lipinski definition) is 2. The zero-order valence-corrected chi connectivity index (χ0v) is 24.8. The van der Waals surface area contributed by atoms with Gasteiger partial charge in [0.05, 0.1) is 28.6 Å². The molecule has 224 valence electrons. The molecule has 4 aromatic carbocycles. The molecule has 0 radical (unpaired) electrons. The van der Waals surface area contributed by atoms with Gasteiger partial charge in [0, 0.05) is 6.54 Å². The number of fused-ring (bicyclic) bond motifs is 1. The number of benzene rings is 4. The van der Waals surface area contributed by atoms with Crippen LogP contribution in [0.1, 0.15) is 45.1 Å². The van der Waals surface area contributed by atoms with E-state index in [4.69, 9.17) is 9.47 Å². The number of esters is 2. The fourth-order valence-corrected chi connectivity index (χ4v) is 5.07. The molecular formula is C36H35N3O5. The van der Waals surface area contributed by atoms with Gasteiger partial charge in [-0.1, -0.05) is 92.7 Å². The average Bonchev–Trinajstić information content (AvgIpc) is 3.45. The van der Waals surface area contributed by atoms with Crippen LogP contribution in [-0.4, -0.2) is 60.0 Å². The number of ether oxygens (including phenoxy) is 2. The van der Waals surface area contributed by atoms with E-state index in [-0.39, 0.29) is 18.0 Å². The number of aromatic nitrogens is 1. The number of carbonyl (C=O) groups is 3. The summed E-state index contributed by atoms with van der Waals surface area (Å²) in [5.41, 5.74) is 3.25. The van der Waals surface area contributed by atoms with E-state index in [1.165, 1.54) is 0 Å². The maximum atomic E-state index is 13.8. The van der Waals surface area contributed by atoms with Crippen LogP contribution in [0.2, 0.25) is 0 Å². The van der Waals surface area contributed by atoms with Crippen molar-refractivity contribution in [3.05, 3.63) is 126 Å². The Balaban J connectivity index is 1.47. The number of amides is 1. The lowest BCUT2D eigenvalue weighted by Gasteiger charge is -2.25. The minimum absolute atomic E-state index is 0.0564. The topological polar surface area (TPSA) is 101 Å². The fraction of sp³-hybridized carbons (Fsp3) is 0.194. The summed E-state index contributed by atoms with van der Waals surface area (Å²) < 4.78 is 11.8. The normalized spacial score (nSPS) is 11.7. The number of likely N-dealkylation sites (N-methyl/N-ethyl adjacent to an activating group) is 1. The summed E-state index contributed by atoms with van der Waals surface area (Å²) >= 11 is 0. The molecule has 5 rings (SSSR count). The van der Waals surface area contributed by atoms with Crippen LogP contribution in [0, 0.1) is 0 Å². The van der Waals surface area contributed by atoms with E-state index >= 15 is 0 Å². The highest BCUT2D eigenvalue weighted by atomic mass is 16.5. The third-order valence-corrected chi connectivity index (χ3v) is 7.42. The number of nitrogens with zero attached hydrogens (tertiary/aromatic N) is 1. The second-order valence-electron chi connectivity index (χ2n) is 10.3. The van der Waals surface area contributed by atoms with E-state index in [9.17, 15) is 14.4 Å². The van der Waals surface area contributed by atoms with Crippen LogP contribution >= 0.6 is 0 Å². The molecule has 5 aromatic rings. The molecule has 0 aliphatic carbocycles. The second kappa shape index (κ2) is 14.3. The van der Waals surface area contributed by atoms with Crippen molar-refractivity contribution < 1.29 is 23.9 Å². The summed E-state index contributed by atoms with van der Waals surface area (Å²) in [6, 6.07) is 32.7. The van der Waals surface area contributed by atoms with Crippen LogP contribution in [0.5, 0.6) is 5.75 Å². The number of rotatable bonds is 12. The van der Waals surface area contributed by atoms with Crippen molar-refractivity contribution in [3.8, 4) is 16.9 Å². The molecule has 0 fully saturated rings. The number of H-pyrrole nitrogens is 1. The van der Waals surface area contributed by atoms with Crippen molar-refractivity contribution >= 4 is 28.7 Å². The third kappa shape index (κ3) is 7.04. The lowest BCUT2D eigenvalue weighted by Crippen LogP contribution is -2.42. The Hall–Kier alpha value is -5.21. The van der Waals surface area contributed by atoms with E-state index in [2.05, 4.69) is 15.2 Å². The maximum absolute atomic E-state index is 13.8. The van der Waals surface area contributed by atoms with E-state index in [1.54, 1.807) is 48.5 Å². The first-order chi connectivity index (χ1) is 21.5. The molecule has 0 saturated heterocycles. The zero-order chi connectivity index (χ0) is 30.9. The van der Waals surface area contributed by atoms with Crippen LogP contribution in [0.4, 0.5) is 0 Å². The van der Waals surface area contributed by atoms with Gasteiger partial charge in [-0.3, -0.25) is 4.79 Å². The fourth-order valence-electron chi connectivity index (χ4n) is 5.07. The van der Waals surface area contributed by atoms with Crippen LogP contribution in [-0.2, 0) is 4.74 Å². The van der Waals surface area contributed by atoms with E-state index < -0.39 is 23.9 Å². The van der Waals surface area contributed by atoms with Crippen LogP contribution < -0.4 is 10.1 Å². The predicted molar refractivity (Wildman–Crippen MR) is 171 cm³/mol. The second-order valence-corrected chi connectivity index (χ2v) is 10.3. The summed E-state index contributed by atoms with van der Waals surface area (Å²) in [5.74, 6) is -1.41. The summed E-state index contributed by atoms with van der Waals surface area (Å²) in [6.07, 6.45) is -0.619. The van der Waals surface area contributed by atoms with Gasteiger partial charge in [0.2, 0.25) is 0 Å². The largest absolute Gasteiger partial charge is 0.456 e. The van der Waals surface area contributed by atoms with Gasteiger partial charge in [0.15, 0.2) is 5.75 Å². The Morgan fingerprint density at radius 2 is 1.34 bits per heavy atom. The van der Waals surface area contributed by atoms with Gasteiger partial charge in [-0.15, -0.1) is 0 Å². The van der Waals surface area contributed by atoms with Gasteiger partial charge in [0.25, 0.3) is 5.91 Å². The SMILES string of the molecule is CCN(CC)CC(CNC(=O)c1[nH]c2cccc(-c3ccccc3)c2c1OC(=O)c1ccccc1)OC(=O)c1ccccc1. The minimum atomic E-state index is -0.619. The summed E-state index contributed by atoms with van der Waals surface area (Å²) in [7, 11) is 0. The van der Waals surface area contributed by atoms with Crippen molar-refractivity contribution in [3.63, 3.8) is 0 Å². The smallest absolute Gasteiger partial charge is 0.343 e. The number of carbonyl (C=O) groups excluding carboxylic acids is 3. The van der Waals surface area contributed by atoms with Gasteiger partial charge in [-0.2, -0.15) is 0 Å². The van der Waals surface area contributed by atoms with Gasteiger partial charge in [-0.05, 0) is 54.5 Å². The van der Waals surface area contributed by atoms with E-state index in [0.717, 1.165) is 24.2 Å². The monoisotopic (exact) mass is 589 g/mol. The van der Waals surface area contributed by atoms with Gasteiger partial charge >= 0.3 is 11.9 Å². The van der Waals surface area contributed by atoms with Crippen molar-refractivity contribution in [1.29, 1.82) is 0 Å². The van der Waals surface area contributed by atoms with Crippen molar-refractivity contribution in [2.45, 2.75) is 20.0 Å².